The van der Waals surface area contributed by atoms with Crippen LogP contribution in [-0.2, 0) is 6.61 Å². The first kappa shape index (κ1) is 20.0. The molecule has 8 heteroatoms. The first-order valence-corrected chi connectivity index (χ1v) is 9.38. The van der Waals surface area contributed by atoms with Crippen LogP contribution in [0.4, 0.5) is 0 Å². The van der Waals surface area contributed by atoms with Crippen molar-refractivity contribution in [1.29, 1.82) is 0 Å². The first-order valence-electron chi connectivity index (χ1n) is 7.42. The maximum absolute atomic E-state index is 6.01. The van der Waals surface area contributed by atoms with Gasteiger partial charge in [-0.25, -0.2) is 0 Å². The first-order chi connectivity index (χ1) is 12.0. The molecule has 0 atom stereocenters. The predicted molar refractivity (Wildman–Crippen MR) is 112 cm³/mol. The van der Waals surface area contributed by atoms with E-state index in [1.54, 1.807) is 18.3 Å². The highest BCUT2D eigenvalue weighted by Gasteiger charge is 2.04. The zero-order valence-corrected chi connectivity index (χ0v) is 17.3. The number of halogens is 3. The van der Waals surface area contributed by atoms with Crippen LogP contribution in [0.3, 0.4) is 0 Å². The van der Waals surface area contributed by atoms with Crippen LogP contribution in [0.1, 0.15) is 18.1 Å². The average Bonchev–Trinajstić information content (AvgIpc) is 2.57. The van der Waals surface area contributed by atoms with E-state index in [1.165, 1.54) is 0 Å². The maximum Gasteiger partial charge on any atom is 0.186 e. The molecular weight excluding hydrogens is 445 g/mol. The molecule has 0 heterocycles. The Labute approximate surface area is 170 Å². The Bertz CT molecular complexity index is 786. The quantitative estimate of drug-likeness (QED) is 0.355. The minimum atomic E-state index is 0.390. The number of ether oxygens (including phenoxy) is 1. The molecule has 2 N–H and O–H groups in total. The summed E-state index contributed by atoms with van der Waals surface area (Å²) in [6.07, 6.45) is 1.68. The molecule has 0 radical (unpaired) electrons. The molecule has 0 aliphatic carbocycles. The van der Waals surface area contributed by atoms with Crippen LogP contribution in [0.25, 0.3) is 0 Å². The van der Waals surface area contributed by atoms with Gasteiger partial charge >= 0.3 is 0 Å². The Morgan fingerprint density at radius 2 is 2.04 bits per heavy atom. The van der Waals surface area contributed by atoms with Crippen LogP contribution in [-0.4, -0.2) is 17.9 Å². The summed E-state index contributed by atoms with van der Waals surface area (Å²) in [5.41, 5.74) is 4.58. The van der Waals surface area contributed by atoms with E-state index in [0.29, 0.717) is 21.8 Å². The van der Waals surface area contributed by atoms with Gasteiger partial charge in [0.15, 0.2) is 5.11 Å². The smallest absolute Gasteiger partial charge is 0.186 e. The fourth-order valence-corrected chi connectivity index (χ4v) is 2.90. The minimum Gasteiger partial charge on any atom is -0.488 e. The molecule has 0 aliphatic heterocycles. The third kappa shape index (κ3) is 6.47. The molecule has 4 nitrogen and oxygen atoms in total. The van der Waals surface area contributed by atoms with Crippen LogP contribution >= 0.6 is 51.3 Å². The number of rotatable bonds is 6. The second kappa shape index (κ2) is 9.97. The highest BCUT2D eigenvalue weighted by molar-refractivity contribution is 9.10. The Morgan fingerprint density at radius 1 is 1.24 bits per heavy atom. The van der Waals surface area contributed by atoms with Gasteiger partial charge in [-0.05, 0) is 76.5 Å². The standard InChI is InChI=1S/C17H16BrCl2N3OS/c1-2-21-17(25)23-22-9-11-4-6-16(13(18)7-11)24-10-12-3-5-14(19)15(20)8-12/h3-9H,2,10H2,1H3,(H2,21,23,25). The van der Waals surface area contributed by atoms with Gasteiger partial charge in [-0.15, -0.1) is 0 Å². The van der Waals surface area contributed by atoms with E-state index >= 15 is 0 Å². The Morgan fingerprint density at radius 3 is 2.72 bits per heavy atom. The van der Waals surface area contributed by atoms with Crippen LogP contribution in [0.5, 0.6) is 5.75 Å². The molecule has 0 unspecified atom stereocenters. The third-order valence-corrected chi connectivity index (χ3v) is 4.65. The van der Waals surface area contributed by atoms with Crippen molar-refractivity contribution in [3.8, 4) is 5.75 Å². The van der Waals surface area contributed by atoms with Gasteiger partial charge in [0.25, 0.3) is 0 Å². The monoisotopic (exact) mass is 459 g/mol. The second-order valence-corrected chi connectivity index (χ2v) is 7.03. The van der Waals surface area contributed by atoms with Crippen LogP contribution in [0, 0.1) is 0 Å². The lowest BCUT2D eigenvalue weighted by atomic mass is 10.2. The van der Waals surface area contributed by atoms with E-state index < -0.39 is 0 Å². The van der Waals surface area contributed by atoms with Gasteiger partial charge in [0.05, 0.1) is 20.7 Å². The van der Waals surface area contributed by atoms with Crippen molar-refractivity contribution in [3.05, 3.63) is 62.0 Å². The van der Waals surface area contributed by atoms with E-state index in [1.807, 2.05) is 31.2 Å². The number of thiocarbonyl (C=S) groups is 1. The summed E-state index contributed by atoms with van der Waals surface area (Å²) in [5, 5.41) is 8.55. The summed E-state index contributed by atoms with van der Waals surface area (Å²) in [7, 11) is 0. The average molecular weight is 461 g/mol. The Kier molecular flexibility index (Phi) is 7.96. The molecule has 2 aromatic carbocycles. The summed E-state index contributed by atoms with van der Waals surface area (Å²) in [5.74, 6) is 0.722. The minimum absolute atomic E-state index is 0.390. The van der Waals surface area contributed by atoms with Gasteiger partial charge in [-0.2, -0.15) is 5.10 Å². The highest BCUT2D eigenvalue weighted by atomic mass is 79.9. The molecule has 0 spiro atoms. The molecule has 132 valence electrons. The van der Waals surface area contributed by atoms with Crippen molar-refractivity contribution in [2.75, 3.05) is 6.54 Å². The van der Waals surface area contributed by atoms with Crippen molar-refractivity contribution in [3.63, 3.8) is 0 Å². The fraction of sp³-hybridized carbons (Fsp3) is 0.176. The number of hydrazone groups is 1. The van der Waals surface area contributed by atoms with Crippen LogP contribution in [0.2, 0.25) is 10.0 Å². The summed E-state index contributed by atoms with van der Waals surface area (Å²) in [6.45, 7) is 3.10. The molecule has 0 fully saturated rings. The lowest BCUT2D eigenvalue weighted by Crippen LogP contribution is -2.31. The van der Waals surface area contributed by atoms with E-state index in [9.17, 15) is 0 Å². The van der Waals surface area contributed by atoms with E-state index in [0.717, 1.165) is 27.9 Å². The van der Waals surface area contributed by atoms with Gasteiger partial charge in [0.2, 0.25) is 0 Å². The predicted octanol–water partition coefficient (Wildman–Crippen LogP) is 5.15. The fourth-order valence-electron chi connectivity index (χ4n) is 1.87. The molecule has 0 saturated heterocycles. The SMILES string of the molecule is CCNC(=S)NN=Cc1ccc(OCc2ccc(Cl)c(Cl)c2)c(Br)c1. The molecule has 2 rings (SSSR count). The summed E-state index contributed by atoms with van der Waals surface area (Å²) in [4.78, 5) is 0. The molecule has 0 bridgehead atoms. The number of hydrogen-bond acceptors (Lipinski definition) is 3. The maximum atomic E-state index is 6.01. The third-order valence-electron chi connectivity index (χ3n) is 3.05. The molecule has 0 aliphatic rings. The van der Waals surface area contributed by atoms with Crippen molar-refractivity contribution in [1.82, 2.24) is 10.7 Å². The summed E-state index contributed by atoms with van der Waals surface area (Å²) in [6, 6.07) is 11.1. The van der Waals surface area contributed by atoms with Crippen molar-refractivity contribution in [2.24, 2.45) is 5.10 Å². The number of nitrogens with one attached hydrogen (secondary N) is 2. The summed E-state index contributed by atoms with van der Waals surface area (Å²) < 4.78 is 6.63. The molecular formula is C17H16BrCl2N3OS. The van der Waals surface area contributed by atoms with E-state index in [4.69, 9.17) is 40.2 Å². The van der Waals surface area contributed by atoms with Gasteiger partial charge < -0.3 is 10.1 Å². The van der Waals surface area contributed by atoms with Crippen LogP contribution in [0.15, 0.2) is 46.0 Å². The van der Waals surface area contributed by atoms with Gasteiger partial charge in [-0.1, -0.05) is 29.3 Å². The summed E-state index contributed by atoms with van der Waals surface area (Å²) >= 11 is 20.4. The second-order valence-electron chi connectivity index (χ2n) is 4.96. The molecule has 0 saturated carbocycles. The Hall–Kier alpha value is -1.34. The zero-order chi connectivity index (χ0) is 18.2. The topological polar surface area (TPSA) is 45.7 Å². The van der Waals surface area contributed by atoms with Gasteiger partial charge in [0.1, 0.15) is 12.4 Å². The normalized spacial score (nSPS) is 10.7. The van der Waals surface area contributed by atoms with E-state index in [2.05, 4.69) is 31.8 Å². The Balaban J connectivity index is 1.95. The van der Waals surface area contributed by atoms with Gasteiger partial charge in [0, 0.05) is 6.54 Å². The van der Waals surface area contributed by atoms with Crippen molar-refractivity contribution >= 4 is 62.7 Å². The lowest BCUT2D eigenvalue weighted by molar-refractivity contribution is 0.304. The lowest BCUT2D eigenvalue weighted by Gasteiger charge is -2.09. The van der Waals surface area contributed by atoms with E-state index in [-0.39, 0.29) is 0 Å². The molecule has 2 aromatic rings. The number of hydrogen-bond donors (Lipinski definition) is 2. The largest absolute Gasteiger partial charge is 0.488 e. The highest BCUT2D eigenvalue weighted by Crippen LogP contribution is 2.27. The number of nitrogens with zero attached hydrogens (tertiary/aromatic N) is 1. The number of benzene rings is 2. The van der Waals surface area contributed by atoms with Crippen molar-refractivity contribution < 1.29 is 4.74 Å². The molecule has 0 amide bonds. The molecule has 25 heavy (non-hydrogen) atoms. The van der Waals surface area contributed by atoms with Crippen LogP contribution < -0.4 is 15.5 Å². The molecule has 0 aromatic heterocycles. The zero-order valence-electron chi connectivity index (χ0n) is 13.4. The van der Waals surface area contributed by atoms with Gasteiger partial charge in [-0.3, -0.25) is 5.43 Å². The van der Waals surface area contributed by atoms with Crippen molar-refractivity contribution in [2.45, 2.75) is 13.5 Å².